The van der Waals surface area contributed by atoms with Crippen LogP contribution in [0.25, 0.3) is 0 Å². The van der Waals surface area contributed by atoms with Gasteiger partial charge < -0.3 is 16.0 Å². The van der Waals surface area contributed by atoms with Gasteiger partial charge in [-0.05, 0) is 18.2 Å². The molecule has 0 saturated heterocycles. The first kappa shape index (κ1) is 22.6. The molecule has 0 aliphatic heterocycles. The van der Waals surface area contributed by atoms with Crippen molar-refractivity contribution >= 4 is 45.4 Å². The van der Waals surface area contributed by atoms with E-state index in [1.807, 2.05) is 0 Å². The van der Waals surface area contributed by atoms with Gasteiger partial charge in [-0.2, -0.15) is 8.42 Å². The third-order valence-electron chi connectivity index (χ3n) is 2.13. The van der Waals surface area contributed by atoms with Gasteiger partial charge in [0.25, 0.3) is 0 Å². The van der Waals surface area contributed by atoms with Crippen LogP contribution in [0.1, 0.15) is 0 Å². The maximum atomic E-state index is 11.4. The standard InChI is InChI=1S/C13H13N5O3.H2O4S/c1-4-8(19)16-11-12(17-9(20)5-2)14-7-15-13(11)18-10(21)6-3;1-5(2,3)4/h4-7H,1-3H2,(H,16,19)(H2,14,15,17,18,20,21);(H2,1,2,3,4). The molecule has 0 aliphatic carbocycles. The average molecular weight is 385 g/mol. The first-order chi connectivity index (χ1) is 12.0. The molecule has 0 saturated carbocycles. The monoisotopic (exact) mass is 385 g/mol. The molecule has 0 radical (unpaired) electrons. The molecule has 1 heterocycles. The highest BCUT2D eigenvalue weighted by Crippen LogP contribution is 2.26. The summed E-state index contributed by atoms with van der Waals surface area (Å²) in [6.07, 6.45) is 4.19. The molecule has 0 unspecified atom stereocenters. The van der Waals surface area contributed by atoms with Crippen LogP contribution in [0.2, 0.25) is 0 Å². The summed E-state index contributed by atoms with van der Waals surface area (Å²) in [5.74, 6) is -1.63. The molecule has 5 N–H and O–H groups in total. The Morgan fingerprint density at radius 1 is 0.846 bits per heavy atom. The molecular formula is C13H15N5O7S. The molecule has 0 aliphatic rings. The lowest BCUT2D eigenvalue weighted by atomic mass is 10.3. The van der Waals surface area contributed by atoms with Crippen LogP contribution in [-0.2, 0) is 24.8 Å². The second kappa shape index (κ2) is 10.4. The van der Waals surface area contributed by atoms with Crippen molar-refractivity contribution in [2.45, 2.75) is 0 Å². The summed E-state index contributed by atoms with van der Waals surface area (Å²) in [6, 6.07) is 0. The van der Waals surface area contributed by atoms with Crippen LogP contribution in [0.4, 0.5) is 17.3 Å². The van der Waals surface area contributed by atoms with Crippen molar-refractivity contribution < 1.29 is 31.9 Å². The van der Waals surface area contributed by atoms with Gasteiger partial charge >= 0.3 is 10.4 Å². The molecule has 3 amide bonds. The normalized spacial score (nSPS) is 9.62. The fraction of sp³-hybridized carbons (Fsp3) is 0. The van der Waals surface area contributed by atoms with Crippen molar-refractivity contribution in [3.63, 3.8) is 0 Å². The van der Waals surface area contributed by atoms with Gasteiger partial charge in [-0.25, -0.2) is 9.97 Å². The number of rotatable bonds is 6. The first-order valence-electron chi connectivity index (χ1n) is 6.37. The molecule has 140 valence electrons. The Bertz CT molecular complexity index is 787. The number of carbonyl (C=O) groups is 3. The molecule has 0 aromatic carbocycles. The Balaban J connectivity index is 0.00000110. The van der Waals surface area contributed by atoms with E-state index in [1.165, 1.54) is 0 Å². The van der Waals surface area contributed by atoms with Crippen molar-refractivity contribution in [2.75, 3.05) is 16.0 Å². The molecule has 1 aromatic heterocycles. The van der Waals surface area contributed by atoms with E-state index >= 15 is 0 Å². The average Bonchev–Trinajstić information content (AvgIpc) is 2.55. The predicted molar refractivity (Wildman–Crippen MR) is 92.7 cm³/mol. The Labute approximate surface area is 148 Å². The maximum Gasteiger partial charge on any atom is 0.394 e. The summed E-state index contributed by atoms with van der Waals surface area (Å²) in [5.41, 5.74) is 0.0211. The van der Waals surface area contributed by atoms with Gasteiger partial charge in [0.1, 0.15) is 12.0 Å². The summed E-state index contributed by atoms with van der Waals surface area (Å²) >= 11 is 0. The van der Waals surface area contributed by atoms with E-state index in [9.17, 15) is 14.4 Å². The molecule has 12 nitrogen and oxygen atoms in total. The second-order valence-corrected chi connectivity index (χ2v) is 4.87. The van der Waals surface area contributed by atoms with Gasteiger partial charge in [0, 0.05) is 0 Å². The lowest BCUT2D eigenvalue weighted by molar-refractivity contribution is -0.112. The molecular weight excluding hydrogens is 370 g/mol. The lowest BCUT2D eigenvalue weighted by Crippen LogP contribution is -2.18. The number of nitrogens with zero attached hydrogens (tertiary/aromatic N) is 2. The SMILES string of the molecule is C=CC(=O)Nc1ncnc(NC(=O)C=C)c1NC(=O)C=C.O=S(=O)(O)O. The largest absolute Gasteiger partial charge is 0.394 e. The van der Waals surface area contributed by atoms with E-state index < -0.39 is 28.1 Å². The van der Waals surface area contributed by atoms with Crippen LogP contribution in [0.15, 0.2) is 44.3 Å². The summed E-state index contributed by atoms with van der Waals surface area (Å²) in [4.78, 5) is 41.8. The van der Waals surface area contributed by atoms with Crippen LogP contribution < -0.4 is 16.0 Å². The zero-order chi connectivity index (χ0) is 20.3. The summed E-state index contributed by atoms with van der Waals surface area (Å²) in [6.45, 7) is 9.92. The Kier molecular flexibility index (Phi) is 9.07. The number of nitrogens with one attached hydrogen (secondary N) is 3. The highest BCUT2D eigenvalue weighted by Gasteiger charge is 2.15. The number of hydrogen-bond donors (Lipinski definition) is 5. The highest BCUT2D eigenvalue weighted by atomic mass is 32.3. The van der Waals surface area contributed by atoms with Crippen LogP contribution in [0, 0.1) is 0 Å². The lowest BCUT2D eigenvalue weighted by Gasteiger charge is -2.13. The predicted octanol–water partition coefficient (Wildman–Crippen LogP) is 0.197. The van der Waals surface area contributed by atoms with E-state index in [0.29, 0.717) is 0 Å². The quantitative estimate of drug-likeness (QED) is 0.336. The molecule has 1 aromatic rings. The minimum atomic E-state index is -4.67. The fourth-order valence-electron chi connectivity index (χ4n) is 1.20. The van der Waals surface area contributed by atoms with Crippen LogP contribution in [0.5, 0.6) is 0 Å². The van der Waals surface area contributed by atoms with Crippen LogP contribution in [-0.4, -0.2) is 45.2 Å². The Hall–Kier alpha value is -3.42. The minimum absolute atomic E-state index is 0.00413. The van der Waals surface area contributed by atoms with Crippen LogP contribution in [0.3, 0.4) is 0 Å². The highest BCUT2D eigenvalue weighted by molar-refractivity contribution is 7.79. The van der Waals surface area contributed by atoms with E-state index in [1.54, 1.807) is 0 Å². The number of carbonyl (C=O) groups excluding carboxylic acids is 3. The van der Waals surface area contributed by atoms with Crippen molar-refractivity contribution in [1.82, 2.24) is 9.97 Å². The van der Waals surface area contributed by atoms with Crippen molar-refractivity contribution in [1.29, 1.82) is 0 Å². The van der Waals surface area contributed by atoms with E-state index in [0.717, 1.165) is 24.6 Å². The second-order valence-electron chi connectivity index (χ2n) is 3.97. The van der Waals surface area contributed by atoms with Gasteiger partial charge in [-0.15, -0.1) is 0 Å². The molecule has 0 fully saturated rings. The number of anilines is 3. The minimum Gasteiger partial charge on any atom is -0.316 e. The van der Waals surface area contributed by atoms with Crippen molar-refractivity contribution in [3.8, 4) is 0 Å². The first-order valence-corrected chi connectivity index (χ1v) is 7.76. The Morgan fingerprint density at radius 2 is 1.15 bits per heavy atom. The van der Waals surface area contributed by atoms with Gasteiger partial charge in [-0.3, -0.25) is 23.5 Å². The fourth-order valence-corrected chi connectivity index (χ4v) is 1.20. The van der Waals surface area contributed by atoms with Crippen LogP contribution >= 0.6 is 0 Å². The number of hydrogen-bond acceptors (Lipinski definition) is 7. The topological polar surface area (TPSA) is 188 Å². The molecule has 0 atom stereocenters. The Morgan fingerprint density at radius 3 is 1.46 bits per heavy atom. The summed E-state index contributed by atoms with van der Waals surface area (Å²) < 4.78 is 31.6. The molecule has 13 heteroatoms. The summed E-state index contributed by atoms with van der Waals surface area (Å²) in [7, 11) is -4.67. The zero-order valence-electron chi connectivity index (χ0n) is 13.2. The third-order valence-corrected chi connectivity index (χ3v) is 2.13. The molecule has 1 rings (SSSR count). The van der Waals surface area contributed by atoms with E-state index in [-0.39, 0.29) is 17.3 Å². The maximum absolute atomic E-state index is 11.4. The van der Waals surface area contributed by atoms with Crippen molar-refractivity contribution in [2.24, 2.45) is 0 Å². The smallest absolute Gasteiger partial charge is 0.316 e. The number of aromatic nitrogens is 2. The van der Waals surface area contributed by atoms with Gasteiger partial charge in [0.2, 0.25) is 17.7 Å². The van der Waals surface area contributed by atoms with E-state index in [2.05, 4.69) is 45.7 Å². The molecule has 26 heavy (non-hydrogen) atoms. The van der Waals surface area contributed by atoms with Gasteiger partial charge in [-0.1, -0.05) is 19.7 Å². The van der Waals surface area contributed by atoms with Crippen molar-refractivity contribution in [3.05, 3.63) is 44.3 Å². The zero-order valence-corrected chi connectivity index (χ0v) is 14.0. The van der Waals surface area contributed by atoms with Gasteiger partial charge in [0.05, 0.1) is 0 Å². The summed E-state index contributed by atoms with van der Waals surface area (Å²) in [5, 5.41) is 7.18. The molecule has 0 spiro atoms. The van der Waals surface area contributed by atoms with E-state index in [4.69, 9.17) is 17.5 Å². The number of amides is 3. The van der Waals surface area contributed by atoms with Gasteiger partial charge in [0.15, 0.2) is 11.6 Å². The molecule has 0 bridgehead atoms. The third kappa shape index (κ3) is 9.66.